The van der Waals surface area contributed by atoms with Crippen LogP contribution in [0, 0.1) is 0 Å². The number of urea groups is 1. The van der Waals surface area contributed by atoms with Crippen LogP contribution in [-0.2, 0) is 30.9 Å². The van der Waals surface area contributed by atoms with Gasteiger partial charge in [0, 0.05) is 13.1 Å². The van der Waals surface area contributed by atoms with Crippen molar-refractivity contribution in [1.82, 2.24) is 25.0 Å². The number of imidazole rings is 1. The summed E-state index contributed by atoms with van der Waals surface area (Å²) >= 11 is 0. The van der Waals surface area contributed by atoms with E-state index >= 15 is 0 Å². The minimum absolute atomic E-state index is 0.0446. The standard InChI is InChI=1S/C12H18N6O7S/c1-2-16-6-14-8-7-5-17(12(20)18(7)25-26(21,22)23)10(9(8)16)11(19)15-24-4-3-13/h6-7,10H,2-5,13H2,1H3,(H,15,19)(H,21,22,23)/t7-,10-/m0/s1. The minimum atomic E-state index is -4.93. The van der Waals surface area contributed by atoms with E-state index in [4.69, 9.17) is 15.1 Å². The molecule has 0 unspecified atom stereocenters. The predicted molar refractivity (Wildman–Crippen MR) is 83.1 cm³/mol. The van der Waals surface area contributed by atoms with Gasteiger partial charge in [0.05, 0.1) is 30.9 Å². The Kier molecular flexibility index (Phi) is 4.85. The number of nitrogens with one attached hydrogen (secondary N) is 1. The highest BCUT2D eigenvalue weighted by atomic mass is 32.3. The van der Waals surface area contributed by atoms with Crippen LogP contribution in [-0.4, -0.2) is 64.1 Å². The van der Waals surface area contributed by atoms with Gasteiger partial charge in [-0.15, -0.1) is 4.28 Å². The maximum atomic E-state index is 12.6. The number of aryl methyl sites for hydroxylation is 1. The third kappa shape index (κ3) is 3.12. The fourth-order valence-corrected chi connectivity index (χ4v) is 3.43. The Hall–Kier alpha value is -2.26. The van der Waals surface area contributed by atoms with Gasteiger partial charge in [0.25, 0.3) is 5.91 Å². The molecule has 0 spiro atoms. The number of nitrogens with zero attached hydrogens (tertiary/aromatic N) is 4. The molecule has 13 nitrogen and oxygen atoms in total. The number of aromatic nitrogens is 2. The average molecular weight is 390 g/mol. The van der Waals surface area contributed by atoms with Crippen molar-refractivity contribution >= 4 is 22.3 Å². The first kappa shape index (κ1) is 18.5. The van der Waals surface area contributed by atoms with Gasteiger partial charge in [-0.2, -0.15) is 13.5 Å². The van der Waals surface area contributed by atoms with Crippen LogP contribution in [0.1, 0.15) is 30.4 Å². The highest BCUT2D eigenvalue weighted by molar-refractivity contribution is 7.80. The molecule has 3 amide bonds. The third-order valence-electron chi connectivity index (χ3n) is 4.04. The molecule has 14 heteroatoms. The number of nitrogens with two attached hydrogens (primary N) is 1. The first-order valence-corrected chi connectivity index (χ1v) is 9.08. The summed E-state index contributed by atoms with van der Waals surface area (Å²) in [4.78, 5) is 35.4. The van der Waals surface area contributed by atoms with Crippen LogP contribution in [0.5, 0.6) is 0 Å². The van der Waals surface area contributed by atoms with Crippen molar-refractivity contribution in [3.63, 3.8) is 0 Å². The molecule has 0 radical (unpaired) electrons. The predicted octanol–water partition coefficient (Wildman–Crippen LogP) is -1.52. The summed E-state index contributed by atoms with van der Waals surface area (Å²) in [5, 5.41) is 0.495. The van der Waals surface area contributed by atoms with E-state index in [1.165, 1.54) is 6.33 Å². The van der Waals surface area contributed by atoms with Gasteiger partial charge in [0.15, 0.2) is 6.04 Å². The summed E-state index contributed by atoms with van der Waals surface area (Å²) in [6, 6.07) is -2.89. The second-order valence-corrected chi connectivity index (χ2v) is 6.59. The molecule has 1 aromatic heterocycles. The maximum absolute atomic E-state index is 12.6. The first-order valence-electron chi connectivity index (χ1n) is 7.72. The van der Waals surface area contributed by atoms with Crippen LogP contribution in [0.15, 0.2) is 6.33 Å². The summed E-state index contributed by atoms with van der Waals surface area (Å²) in [5.41, 5.74) is 8.23. The summed E-state index contributed by atoms with van der Waals surface area (Å²) in [6.45, 7) is 2.50. The Bertz CT molecular complexity index is 824. The molecule has 1 saturated heterocycles. The zero-order valence-electron chi connectivity index (χ0n) is 13.7. The van der Waals surface area contributed by atoms with Gasteiger partial charge in [-0.1, -0.05) is 0 Å². The van der Waals surface area contributed by atoms with Gasteiger partial charge in [0.2, 0.25) is 0 Å². The average Bonchev–Trinajstić information content (AvgIpc) is 3.10. The van der Waals surface area contributed by atoms with Crippen molar-refractivity contribution < 1.29 is 31.7 Å². The summed E-state index contributed by atoms with van der Waals surface area (Å²) in [6.07, 6.45) is 1.48. The van der Waals surface area contributed by atoms with Gasteiger partial charge >= 0.3 is 16.4 Å². The number of hydrogen-bond donors (Lipinski definition) is 3. The molecule has 2 bridgehead atoms. The van der Waals surface area contributed by atoms with Crippen molar-refractivity contribution in [2.45, 2.75) is 25.6 Å². The molecule has 4 N–H and O–H groups in total. The minimum Gasteiger partial charge on any atom is -0.332 e. The lowest BCUT2D eigenvalue weighted by atomic mass is 10.0. The molecule has 3 heterocycles. The van der Waals surface area contributed by atoms with Crippen molar-refractivity contribution in [3.05, 3.63) is 17.7 Å². The lowest BCUT2D eigenvalue weighted by Crippen LogP contribution is -2.44. The molecule has 2 atom stereocenters. The van der Waals surface area contributed by atoms with Crippen molar-refractivity contribution in [3.8, 4) is 0 Å². The Morgan fingerprint density at radius 1 is 1.54 bits per heavy atom. The van der Waals surface area contributed by atoms with Gasteiger partial charge in [-0.3, -0.25) is 14.2 Å². The van der Waals surface area contributed by atoms with Crippen LogP contribution < -0.4 is 11.2 Å². The van der Waals surface area contributed by atoms with Gasteiger partial charge in [0.1, 0.15) is 6.04 Å². The molecule has 1 fully saturated rings. The Morgan fingerprint density at radius 3 is 2.88 bits per heavy atom. The molecular weight excluding hydrogens is 372 g/mol. The number of fused-ring (bicyclic) bond motifs is 4. The van der Waals surface area contributed by atoms with Crippen molar-refractivity contribution in [2.24, 2.45) is 5.73 Å². The van der Waals surface area contributed by atoms with Gasteiger partial charge < -0.3 is 15.2 Å². The van der Waals surface area contributed by atoms with Crippen LogP contribution in [0.2, 0.25) is 0 Å². The number of hydroxylamine groups is 3. The number of rotatable bonds is 7. The maximum Gasteiger partial charge on any atom is 0.418 e. The monoisotopic (exact) mass is 390 g/mol. The second-order valence-electron chi connectivity index (χ2n) is 5.59. The van der Waals surface area contributed by atoms with E-state index in [9.17, 15) is 18.0 Å². The molecule has 0 aromatic carbocycles. The summed E-state index contributed by atoms with van der Waals surface area (Å²) in [5.74, 6) is -0.643. The number of carbonyl (C=O) groups is 2. The van der Waals surface area contributed by atoms with Crippen LogP contribution in [0.25, 0.3) is 0 Å². The van der Waals surface area contributed by atoms with E-state index in [1.807, 2.05) is 6.92 Å². The van der Waals surface area contributed by atoms with E-state index < -0.39 is 34.4 Å². The fraction of sp³-hybridized carbons (Fsp3) is 0.583. The zero-order valence-corrected chi connectivity index (χ0v) is 14.5. The molecule has 3 rings (SSSR count). The molecule has 1 aromatic rings. The molecule has 2 aliphatic heterocycles. The Morgan fingerprint density at radius 2 is 2.27 bits per heavy atom. The molecule has 0 aliphatic carbocycles. The van der Waals surface area contributed by atoms with Crippen LogP contribution in [0.3, 0.4) is 0 Å². The molecule has 144 valence electrons. The van der Waals surface area contributed by atoms with Crippen molar-refractivity contribution in [2.75, 3.05) is 19.7 Å². The summed E-state index contributed by atoms with van der Waals surface area (Å²) in [7, 11) is -4.93. The number of hydrogen-bond acceptors (Lipinski definition) is 8. The summed E-state index contributed by atoms with van der Waals surface area (Å²) < 4.78 is 37.1. The van der Waals surface area contributed by atoms with E-state index in [1.54, 1.807) is 4.57 Å². The lowest BCUT2D eigenvalue weighted by molar-refractivity contribution is -0.138. The van der Waals surface area contributed by atoms with E-state index in [0.717, 1.165) is 4.90 Å². The first-order chi connectivity index (χ1) is 12.3. The highest BCUT2D eigenvalue weighted by Crippen LogP contribution is 2.43. The Labute approximate surface area is 148 Å². The number of carbonyl (C=O) groups excluding carboxylic acids is 2. The lowest BCUT2D eigenvalue weighted by Gasteiger charge is -2.30. The molecular formula is C12H18N6O7S. The smallest absolute Gasteiger partial charge is 0.332 e. The molecule has 0 saturated carbocycles. The van der Waals surface area contributed by atoms with Crippen LogP contribution in [0.4, 0.5) is 4.79 Å². The highest BCUT2D eigenvalue weighted by Gasteiger charge is 2.54. The van der Waals surface area contributed by atoms with Gasteiger partial charge in [-0.25, -0.2) is 15.3 Å². The van der Waals surface area contributed by atoms with Crippen LogP contribution >= 0.6 is 0 Å². The number of amides is 3. The largest absolute Gasteiger partial charge is 0.418 e. The second kappa shape index (κ2) is 6.81. The van der Waals surface area contributed by atoms with Crippen molar-refractivity contribution in [1.29, 1.82) is 0 Å². The van der Waals surface area contributed by atoms with E-state index in [0.29, 0.717) is 23.0 Å². The van der Waals surface area contributed by atoms with E-state index in [-0.39, 0.29) is 19.7 Å². The SMILES string of the molecule is CCn1cnc2c1[C@@H](C(=O)NOCCN)N1C[C@@H]2N(OS(=O)(=O)O)C1=O. The Balaban J connectivity index is 1.99. The fourth-order valence-electron chi connectivity index (χ4n) is 3.06. The van der Waals surface area contributed by atoms with E-state index in [2.05, 4.69) is 14.7 Å². The topological polar surface area (TPSA) is 169 Å². The normalized spacial score (nSPS) is 21.9. The molecule has 26 heavy (non-hydrogen) atoms. The zero-order chi connectivity index (χ0) is 19.1. The third-order valence-corrected chi connectivity index (χ3v) is 4.39. The molecule has 2 aliphatic rings. The quantitative estimate of drug-likeness (QED) is 0.284. The van der Waals surface area contributed by atoms with Gasteiger partial charge in [-0.05, 0) is 6.92 Å².